The molecule has 1 amide bonds. The molecule has 0 spiro atoms. The van der Waals surface area contributed by atoms with Gasteiger partial charge < -0.3 is 43.3 Å². The number of benzene rings is 2. The van der Waals surface area contributed by atoms with E-state index in [0.29, 0.717) is 80.4 Å². The summed E-state index contributed by atoms with van der Waals surface area (Å²) in [5.74, 6) is -8.37. The maximum atomic E-state index is 15.0. The largest absolute Gasteiger partial charge is 0.460 e. The number of hydrogen-bond donors (Lipinski definition) is 2. The van der Waals surface area contributed by atoms with Crippen molar-refractivity contribution in [2.45, 2.75) is 180 Å². The predicted molar refractivity (Wildman–Crippen MR) is 304 cm³/mol. The van der Waals surface area contributed by atoms with Crippen molar-refractivity contribution in [3.8, 4) is 0 Å². The summed E-state index contributed by atoms with van der Waals surface area (Å²) >= 11 is 0. The van der Waals surface area contributed by atoms with Crippen LogP contribution in [-0.2, 0) is 56.7 Å². The second-order valence-corrected chi connectivity index (χ2v) is 25.2. The molecule has 3 fully saturated rings. The minimum Gasteiger partial charge on any atom is -0.460 e. The number of Topliss-reactive ketones (excluding diaryl/α,β-unsaturated/α-hetero) is 3. The third-order valence-electron chi connectivity index (χ3n) is 16.9. The standard InChI is InChI=1S/C63H88NO14P/c1-40-22-14-11-15-23-41(2)54(73-8)38-48-31-29-46(7)63(71,77-48)60(68)61(69)64-33-21-20-28-51(64)62(70)76-55(39-52(65)42(3)35-45(6)58(67)59(75-10)57(66)44(5)34-40)43(4)36-47-30-32-53(56(37-47)74-9)78-79(72,49-24-16-12-17-25-49)50-26-18-13-19-27-50/h11-19,22-27,35,40,42-44,46-48,51,53-56,58-59,67,71H,20-21,28-34,36-39H2,1-10H3/b15-11?,22-14+,41-23?,45-35+/t40-,42-,43-,44-,46-,47+,48+,51+,53-,54+,55?,56-,58-,59+,63-/m1/s1. The van der Waals surface area contributed by atoms with Crippen molar-refractivity contribution in [1.82, 2.24) is 4.90 Å². The van der Waals surface area contributed by atoms with Crippen molar-refractivity contribution in [1.29, 1.82) is 0 Å². The summed E-state index contributed by atoms with van der Waals surface area (Å²) in [5.41, 5.74) is 1.24. The molecule has 3 heterocycles. The van der Waals surface area contributed by atoms with Crippen LogP contribution in [0.5, 0.6) is 0 Å². The predicted octanol–water partition coefficient (Wildman–Crippen LogP) is 9.13. The van der Waals surface area contributed by atoms with Gasteiger partial charge in [-0.3, -0.25) is 23.7 Å². The highest BCUT2D eigenvalue weighted by atomic mass is 31.2. The number of methoxy groups -OCH3 is 3. The number of cyclic esters (lactones) is 1. The molecule has 6 rings (SSSR count). The zero-order chi connectivity index (χ0) is 57.6. The Balaban J connectivity index is 1.29. The van der Waals surface area contributed by atoms with Gasteiger partial charge in [0.05, 0.1) is 24.4 Å². The SMILES string of the molecule is CO[C@H]1C[C@@H]2CC[C@@H](C)[C@@](O)(O2)C(=O)C(=O)N2CCCC[C@H]2C(=O)OC([C@H](C)C[C@@H]2CC[C@@H](OP(=O)(c3ccccc3)c3ccccc3)[C@H](OC)C2)CC(=O)[C@H](C)/C=C(\C)[C@@H](O)[C@@H](OC)C(=O)[C@H](C)C[C@H](C)/C=C/C=CC=C1C. The molecule has 2 aromatic rings. The zero-order valence-electron chi connectivity index (χ0n) is 48.2. The molecule has 15 atom stereocenters. The highest BCUT2D eigenvalue weighted by Gasteiger charge is 2.53. The number of ether oxygens (including phenoxy) is 5. The lowest BCUT2D eigenvalue weighted by Gasteiger charge is -2.42. The van der Waals surface area contributed by atoms with Crippen molar-refractivity contribution in [3.05, 3.63) is 108 Å². The first kappa shape index (κ1) is 63.5. The number of esters is 1. The van der Waals surface area contributed by atoms with Gasteiger partial charge in [-0.1, -0.05) is 107 Å². The molecule has 434 valence electrons. The number of ketones is 3. The number of rotatable bonds is 10. The monoisotopic (exact) mass is 1110 g/mol. The van der Waals surface area contributed by atoms with Crippen LogP contribution >= 0.6 is 7.37 Å². The van der Waals surface area contributed by atoms with Crippen LogP contribution in [0.15, 0.2) is 108 Å². The Kier molecular flexibility index (Phi) is 23.6. The number of allylic oxidation sites excluding steroid dienone is 6. The Morgan fingerprint density at radius 2 is 1.44 bits per heavy atom. The molecular weight excluding hydrogens is 1030 g/mol. The quantitative estimate of drug-likeness (QED) is 0.0987. The molecule has 16 heteroatoms. The molecule has 15 nitrogen and oxygen atoms in total. The van der Waals surface area contributed by atoms with Crippen LogP contribution in [0.1, 0.15) is 126 Å². The number of aliphatic hydroxyl groups excluding tert-OH is 1. The van der Waals surface area contributed by atoms with Crippen LogP contribution in [0.25, 0.3) is 0 Å². The lowest BCUT2D eigenvalue weighted by atomic mass is 9.78. The van der Waals surface area contributed by atoms with Gasteiger partial charge in [0.2, 0.25) is 5.79 Å². The second kappa shape index (κ2) is 29.3. The van der Waals surface area contributed by atoms with Gasteiger partial charge in [-0.05, 0) is 131 Å². The minimum absolute atomic E-state index is 0.000329. The topological polar surface area (TPSA) is 201 Å². The number of piperidine rings is 1. The Labute approximate surface area is 469 Å². The fraction of sp³-hybridized carbons (Fsp3) is 0.603. The molecular formula is C63H88NO14P. The number of nitrogens with zero attached hydrogens (tertiary/aromatic N) is 1. The Bertz CT molecular complexity index is 2500. The maximum Gasteiger partial charge on any atom is 0.329 e. The average Bonchev–Trinajstić information content (AvgIpc) is 3.46. The lowest BCUT2D eigenvalue weighted by Crippen LogP contribution is -2.61. The van der Waals surface area contributed by atoms with E-state index < -0.39 is 103 Å². The molecule has 1 aliphatic carbocycles. The van der Waals surface area contributed by atoms with Crippen LogP contribution in [0.2, 0.25) is 0 Å². The third-order valence-corrected chi connectivity index (χ3v) is 19.5. The third kappa shape index (κ3) is 16.1. The van der Waals surface area contributed by atoms with E-state index in [1.165, 1.54) is 12.0 Å². The van der Waals surface area contributed by atoms with Crippen molar-refractivity contribution >= 4 is 47.2 Å². The van der Waals surface area contributed by atoms with Gasteiger partial charge in [0.15, 0.2) is 5.78 Å². The number of aliphatic hydroxyl groups is 2. The molecule has 3 aliphatic heterocycles. The first-order valence-corrected chi connectivity index (χ1v) is 30.2. The smallest absolute Gasteiger partial charge is 0.329 e. The van der Waals surface area contributed by atoms with Gasteiger partial charge in [0.25, 0.3) is 19.1 Å². The van der Waals surface area contributed by atoms with E-state index in [1.807, 2.05) is 119 Å². The van der Waals surface area contributed by atoms with Crippen LogP contribution in [0.4, 0.5) is 0 Å². The van der Waals surface area contributed by atoms with Crippen LogP contribution in [0, 0.1) is 35.5 Å². The molecule has 4 aliphatic rings. The van der Waals surface area contributed by atoms with E-state index >= 15 is 0 Å². The highest BCUT2D eigenvalue weighted by molar-refractivity contribution is 7.74. The molecule has 2 aromatic carbocycles. The highest BCUT2D eigenvalue weighted by Crippen LogP contribution is 2.49. The number of carbonyl (C=O) groups excluding carboxylic acids is 5. The van der Waals surface area contributed by atoms with Gasteiger partial charge >= 0.3 is 5.97 Å². The lowest BCUT2D eigenvalue weighted by molar-refractivity contribution is -0.265. The van der Waals surface area contributed by atoms with E-state index in [2.05, 4.69) is 0 Å². The summed E-state index contributed by atoms with van der Waals surface area (Å²) in [7, 11) is 1.02. The summed E-state index contributed by atoms with van der Waals surface area (Å²) in [4.78, 5) is 73.1. The summed E-state index contributed by atoms with van der Waals surface area (Å²) in [6.45, 7) is 12.7. The van der Waals surface area contributed by atoms with Crippen LogP contribution < -0.4 is 10.6 Å². The van der Waals surface area contributed by atoms with E-state index in [1.54, 1.807) is 41.1 Å². The molecule has 79 heavy (non-hydrogen) atoms. The summed E-state index contributed by atoms with van der Waals surface area (Å²) in [6.07, 6.45) is 10.6. The minimum atomic E-state index is -3.55. The van der Waals surface area contributed by atoms with Crippen molar-refractivity contribution in [2.24, 2.45) is 35.5 Å². The Morgan fingerprint density at radius 3 is 2.08 bits per heavy atom. The van der Waals surface area contributed by atoms with E-state index in [-0.39, 0.29) is 42.8 Å². The normalized spacial score (nSPS) is 34.4. The van der Waals surface area contributed by atoms with E-state index in [4.69, 9.17) is 28.2 Å². The molecule has 2 bridgehead atoms. The number of amides is 1. The molecule has 0 aromatic heterocycles. The Hall–Kier alpha value is -4.70. The van der Waals surface area contributed by atoms with E-state index in [9.17, 15) is 38.8 Å². The van der Waals surface area contributed by atoms with Gasteiger partial charge in [-0.25, -0.2) is 4.79 Å². The van der Waals surface area contributed by atoms with Crippen LogP contribution in [-0.4, -0.2) is 127 Å². The molecule has 2 saturated heterocycles. The number of hydrogen-bond acceptors (Lipinski definition) is 14. The molecule has 1 saturated carbocycles. The molecule has 1 unspecified atom stereocenters. The van der Waals surface area contributed by atoms with Crippen molar-refractivity contribution < 1.29 is 67.0 Å². The second-order valence-electron chi connectivity index (χ2n) is 22.9. The van der Waals surface area contributed by atoms with Gasteiger partial charge in [-0.2, -0.15) is 0 Å². The summed E-state index contributed by atoms with van der Waals surface area (Å²) < 4.78 is 51.9. The fourth-order valence-corrected chi connectivity index (χ4v) is 14.2. The van der Waals surface area contributed by atoms with Crippen molar-refractivity contribution in [3.63, 3.8) is 0 Å². The first-order chi connectivity index (χ1) is 37.6. The first-order valence-electron chi connectivity index (χ1n) is 28.5. The molecule has 0 radical (unpaired) electrons. The van der Waals surface area contributed by atoms with Gasteiger partial charge in [0.1, 0.15) is 30.1 Å². The fourth-order valence-electron chi connectivity index (χ4n) is 11.9. The van der Waals surface area contributed by atoms with Gasteiger partial charge in [-0.15, -0.1) is 0 Å². The van der Waals surface area contributed by atoms with Crippen LogP contribution in [0.3, 0.4) is 0 Å². The van der Waals surface area contributed by atoms with Crippen molar-refractivity contribution in [2.75, 3.05) is 27.9 Å². The van der Waals surface area contributed by atoms with Gasteiger partial charge in [0, 0.05) is 69.1 Å². The van der Waals surface area contributed by atoms with E-state index in [0.717, 1.165) is 5.57 Å². The Morgan fingerprint density at radius 1 is 0.772 bits per heavy atom. The zero-order valence-corrected chi connectivity index (χ0v) is 49.1. The number of carbonyl (C=O) groups is 5. The summed E-state index contributed by atoms with van der Waals surface area (Å²) in [5, 5.41) is 24.8. The summed E-state index contributed by atoms with van der Waals surface area (Å²) in [6, 6.07) is 17.2. The number of fused-ring (bicyclic) bond motifs is 3. The average molecular weight is 1110 g/mol. The maximum absolute atomic E-state index is 15.0. The molecule has 2 N–H and O–H groups in total.